The van der Waals surface area contributed by atoms with Crippen molar-refractivity contribution < 1.29 is 14.3 Å². The third-order valence-corrected chi connectivity index (χ3v) is 5.26. The lowest BCUT2D eigenvalue weighted by molar-refractivity contribution is -0.136. The van der Waals surface area contributed by atoms with E-state index in [0.29, 0.717) is 18.0 Å². The summed E-state index contributed by atoms with van der Waals surface area (Å²) in [4.78, 5) is 28.9. The standard InChI is InChI=1S/C22H28N4O3/c1-25(2)19(15-9-10-18-16(13-15)11-12-26(18)3)14-23-21(27)22(28)24-17-7-5-6-8-20(17)29-4/h5-10,13,19H,11-12,14H2,1-4H3,(H,23,27)(H,24,28). The first-order chi connectivity index (χ1) is 13.9. The molecule has 1 aliphatic rings. The van der Waals surface area contributed by atoms with Gasteiger partial charge in [0.25, 0.3) is 0 Å². The quantitative estimate of drug-likeness (QED) is 0.731. The molecule has 0 spiro atoms. The number of hydrogen-bond donors (Lipinski definition) is 2. The van der Waals surface area contributed by atoms with Gasteiger partial charge in [-0.3, -0.25) is 9.59 Å². The molecule has 1 heterocycles. The number of amides is 2. The number of likely N-dealkylation sites (N-methyl/N-ethyl adjacent to an activating group) is 2. The number of carbonyl (C=O) groups is 2. The minimum absolute atomic E-state index is 0.0331. The van der Waals surface area contributed by atoms with Crippen molar-refractivity contribution in [2.45, 2.75) is 12.5 Å². The fourth-order valence-corrected chi connectivity index (χ4v) is 3.59. The van der Waals surface area contributed by atoms with Gasteiger partial charge in [-0.2, -0.15) is 0 Å². The van der Waals surface area contributed by atoms with Crippen LogP contribution in [-0.2, 0) is 16.0 Å². The van der Waals surface area contributed by atoms with Crippen LogP contribution in [0.4, 0.5) is 11.4 Å². The number of nitrogens with zero attached hydrogens (tertiary/aromatic N) is 2. The summed E-state index contributed by atoms with van der Waals surface area (Å²) in [5.74, 6) is -0.894. The maximum absolute atomic E-state index is 12.3. The molecular formula is C22H28N4O3. The minimum atomic E-state index is -0.720. The average Bonchev–Trinajstić information content (AvgIpc) is 3.08. The van der Waals surface area contributed by atoms with E-state index in [2.05, 4.69) is 40.8 Å². The summed E-state index contributed by atoms with van der Waals surface area (Å²) in [7, 11) is 7.53. The molecule has 2 aromatic rings. The van der Waals surface area contributed by atoms with Crippen LogP contribution in [0.1, 0.15) is 17.2 Å². The molecule has 0 bridgehead atoms. The Bertz CT molecular complexity index is 897. The van der Waals surface area contributed by atoms with Gasteiger partial charge < -0.3 is 25.2 Å². The molecule has 3 rings (SSSR count). The van der Waals surface area contributed by atoms with E-state index in [1.807, 2.05) is 19.0 Å². The molecule has 154 valence electrons. The zero-order valence-electron chi connectivity index (χ0n) is 17.4. The fraction of sp³-hybridized carbons (Fsp3) is 0.364. The summed E-state index contributed by atoms with van der Waals surface area (Å²) >= 11 is 0. The molecule has 2 N–H and O–H groups in total. The number of nitrogens with one attached hydrogen (secondary N) is 2. The largest absolute Gasteiger partial charge is 0.495 e. The number of benzene rings is 2. The van der Waals surface area contributed by atoms with Crippen molar-refractivity contribution in [3.8, 4) is 5.75 Å². The van der Waals surface area contributed by atoms with Crippen molar-refractivity contribution in [3.05, 3.63) is 53.6 Å². The summed E-state index contributed by atoms with van der Waals surface area (Å²) < 4.78 is 5.20. The predicted molar refractivity (Wildman–Crippen MR) is 114 cm³/mol. The zero-order chi connectivity index (χ0) is 21.0. The smallest absolute Gasteiger partial charge is 0.313 e. The second-order valence-corrected chi connectivity index (χ2v) is 7.40. The number of ether oxygens (including phenoxy) is 1. The van der Waals surface area contributed by atoms with Gasteiger partial charge in [0.1, 0.15) is 5.75 Å². The Labute approximate surface area is 171 Å². The van der Waals surface area contributed by atoms with Gasteiger partial charge in [-0.1, -0.05) is 24.3 Å². The van der Waals surface area contributed by atoms with Gasteiger partial charge in [0, 0.05) is 25.8 Å². The first kappa shape index (κ1) is 20.7. The summed E-state index contributed by atoms with van der Waals surface area (Å²) in [6.45, 7) is 1.35. The highest BCUT2D eigenvalue weighted by Gasteiger charge is 2.22. The summed E-state index contributed by atoms with van der Waals surface area (Å²) in [6, 6.07) is 13.4. The van der Waals surface area contributed by atoms with Gasteiger partial charge in [-0.05, 0) is 49.8 Å². The van der Waals surface area contributed by atoms with Gasteiger partial charge in [-0.25, -0.2) is 0 Å². The van der Waals surface area contributed by atoms with E-state index in [0.717, 1.165) is 18.5 Å². The van der Waals surface area contributed by atoms with Gasteiger partial charge >= 0.3 is 11.8 Å². The molecule has 7 nitrogen and oxygen atoms in total. The van der Waals surface area contributed by atoms with Gasteiger partial charge in [0.2, 0.25) is 0 Å². The Morgan fingerprint density at radius 2 is 1.93 bits per heavy atom. The minimum Gasteiger partial charge on any atom is -0.495 e. The van der Waals surface area contributed by atoms with Crippen LogP contribution >= 0.6 is 0 Å². The molecule has 1 aliphatic heterocycles. The second-order valence-electron chi connectivity index (χ2n) is 7.40. The molecular weight excluding hydrogens is 368 g/mol. The van der Waals surface area contributed by atoms with E-state index in [9.17, 15) is 9.59 Å². The van der Waals surface area contributed by atoms with E-state index < -0.39 is 11.8 Å². The molecule has 29 heavy (non-hydrogen) atoms. The average molecular weight is 396 g/mol. The monoisotopic (exact) mass is 396 g/mol. The van der Waals surface area contributed by atoms with Crippen LogP contribution in [0.15, 0.2) is 42.5 Å². The van der Waals surface area contributed by atoms with Crippen molar-refractivity contribution in [2.75, 3.05) is 51.6 Å². The van der Waals surface area contributed by atoms with Crippen LogP contribution in [0.25, 0.3) is 0 Å². The maximum Gasteiger partial charge on any atom is 0.313 e. The van der Waals surface area contributed by atoms with E-state index in [4.69, 9.17) is 4.74 Å². The van der Waals surface area contributed by atoms with Crippen molar-refractivity contribution in [2.24, 2.45) is 0 Å². The third kappa shape index (κ3) is 4.68. The lowest BCUT2D eigenvalue weighted by Gasteiger charge is -2.26. The van der Waals surface area contributed by atoms with Crippen molar-refractivity contribution in [1.82, 2.24) is 10.2 Å². The normalized spacial score (nSPS) is 13.8. The Kier molecular flexibility index (Phi) is 6.39. The first-order valence-electron chi connectivity index (χ1n) is 9.63. The molecule has 2 amide bonds. The number of methoxy groups -OCH3 is 1. The van der Waals surface area contributed by atoms with Crippen molar-refractivity contribution in [1.29, 1.82) is 0 Å². The van der Waals surface area contributed by atoms with Gasteiger partial charge in [0.15, 0.2) is 0 Å². The van der Waals surface area contributed by atoms with E-state index in [1.165, 1.54) is 18.4 Å². The lowest BCUT2D eigenvalue weighted by atomic mass is 10.0. The summed E-state index contributed by atoms with van der Waals surface area (Å²) in [5.41, 5.74) is 4.15. The van der Waals surface area contributed by atoms with Crippen LogP contribution in [0, 0.1) is 0 Å². The number of carbonyl (C=O) groups excluding carboxylic acids is 2. The topological polar surface area (TPSA) is 73.9 Å². The second kappa shape index (κ2) is 8.96. The van der Waals surface area contributed by atoms with Crippen molar-refractivity contribution >= 4 is 23.2 Å². The first-order valence-corrected chi connectivity index (χ1v) is 9.63. The van der Waals surface area contributed by atoms with Crippen LogP contribution in [0.3, 0.4) is 0 Å². The highest BCUT2D eigenvalue weighted by Crippen LogP contribution is 2.30. The maximum atomic E-state index is 12.3. The fourth-order valence-electron chi connectivity index (χ4n) is 3.59. The van der Waals surface area contributed by atoms with Crippen molar-refractivity contribution in [3.63, 3.8) is 0 Å². The number of rotatable bonds is 6. The number of fused-ring (bicyclic) bond motifs is 1. The predicted octanol–water partition coefficient (Wildman–Crippen LogP) is 2.05. The van der Waals surface area contributed by atoms with Crippen LogP contribution in [-0.4, -0.2) is 58.1 Å². The molecule has 0 fully saturated rings. The summed E-state index contributed by atoms with van der Waals surface area (Å²) in [5, 5.41) is 5.35. The van der Waals surface area contributed by atoms with E-state index in [1.54, 1.807) is 24.3 Å². The molecule has 0 saturated heterocycles. The van der Waals surface area contributed by atoms with Crippen LogP contribution in [0.2, 0.25) is 0 Å². The Morgan fingerprint density at radius 3 is 2.66 bits per heavy atom. The Morgan fingerprint density at radius 1 is 1.17 bits per heavy atom. The molecule has 0 saturated carbocycles. The SMILES string of the molecule is COc1ccccc1NC(=O)C(=O)NCC(c1ccc2c(c1)CCN2C)N(C)C. The third-order valence-electron chi connectivity index (χ3n) is 5.26. The van der Waals surface area contributed by atoms with Gasteiger partial charge in [0.05, 0.1) is 18.8 Å². The summed E-state index contributed by atoms with van der Waals surface area (Å²) in [6.07, 6.45) is 1.02. The highest BCUT2D eigenvalue weighted by molar-refractivity contribution is 6.39. The molecule has 1 unspecified atom stereocenters. The Hall–Kier alpha value is -3.06. The number of para-hydroxylation sites is 2. The molecule has 0 aromatic heterocycles. The molecule has 0 aliphatic carbocycles. The molecule has 1 atom stereocenters. The van der Waals surface area contributed by atoms with E-state index in [-0.39, 0.29) is 6.04 Å². The van der Waals surface area contributed by atoms with Crippen LogP contribution in [0.5, 0.6) is 5.75 Å². The zero-order valence-corrected chi connectivity index (χ0v) is 17.4. The molecule has 7 heteroatoms. The number of hydrogen-bond acceptors (Lipinski definition) is 5. The lowest BCUT2D eigenvalue weighted by Crippen LogP contribution is -2.40. The van der Waals surface area contributed by atoms with Gasteiger partial charge in [-0.15, -0.1) is 0 Å². The molecule has 0 radical (unpaired) electrons. The molecule has 2 aromatic carbocycles. The highest BCUT2D eigenvalue weighted by atomic mass is 16.5. The number of anilines is 2. The Balaban J connectivity index is 1.64. The van der Waals surface area contributed by atoms with Crippen LogP contribution < -0.4 is 20.3 Å². The van der Waals surface area contributed by atoms with E-state index >= 15 is 0 Å².